The third-order valence-electron chi connectivity index (χ3n) is 7.45. The maximum absolute atomic E-state index is 13.7. The molecule has 0 fully saturated rings. The van der Waals surface area contributed by atoms with E-state index in [9.17, 15) is 27.2 Å². The SMILES string of the molecule is CCN(c1cc2oc(-c3ccc(F)cc3)c(C(=O)NC)c2cc1-c1cccc(C(=O)NC(C(N)=O)c2ccccc2)c1)S(C)(=O)=O. The van der Waals surface area contributed by atoms with Gasteiger partial charge in [-0.2, -0.15) is 0 Å². The van der Waals surface area contributed by atoms with Gasteiger partial charge in [0.05, 0.1) is 17.5 Å². The molecule has 4 aromatic carbocycles. The van der Waals surface area contributed by atoms with E-state index in [1.165, 1.54) is 41.7 Å². The average molecular weight is 643 g/mol. The van der Waals surface area contributed by atoms with Gasteiger partial charge in [-0.25, -0.2) is 12.8 Å². The van der Waals surface area contributed by atoms with Crippen molar-refractivity contribution in [3.05, 3.63) is 114 Å². The fourth-order valence-electron chi connectivity index (χ4n) is 5.31. The van der Waals surface area contributed by atoms with Crippen LogP contribution < -0.4 is 20.7 Å². The van der Waals surface area contributed by atoms with Gasteiger partial charge in [0.25, 0.3) is 11.8 Å². The molecule has 0 aliphatic rings. The van der Waals surface area contributed by atoms with Crippen LogP contribution in [0.25, 0.3) is 33.4 Å². The molecule has 0 aliphatic carbocycles. The Morgan fingerprint density at radius 2 is 1.61 bits per heavy atom. The van der Waals surface area contributed by atoms with Crippen LogP contribution in [0.4, 0.5) is 10.1 Å². The van der Waals surface area contributed by atoms with Crippen molar-refractivity contribution in [2.24, 2.45) is 5.73 Å². The molecule has 1 aromatic heterocycles. The number of sulfonamides is 1. The molecule has 1 atom stereocenters. The Morgan fingerprint density at radius 1 is 0.913 bits per heavy atom. The zero-order valence-electron chi connectivity index (χ0n) is 25.2. The first-order chi connectivity index (χ1) is 21.9. The molecule has 0 saturated heterocycles. The first-order valence-corrected chi connectivity index (χ1v) is 16.1. The number of benzene rings is 4. The van der Waals surface area contributed by atoms with Crippen LogP contribution in [0.1, 0.15) is 39.2 Å². The van der Waals surface area contributed by atoms with Crippen molar-refractivity contribution in [3.63, 3.8) is 0 Å². The monoisotopic (exact) mass is 642 g/mol. The second-order valence-corrected chi connectivity index (χ2v) is 12.4. The van der Waals surface area contributed by atoms with Crippen molar-refractivity contribution in [2.45, 2.75) is 13.0 Å². The normalized spacial score (nSPS) is 12.0. The lowest BCUT2D eigenvalue weighted by Crippen LogP contribution is -2.37. The lowest BCUT2D eigenvalue weighted by Gasteiger charge is -2.24. The van der Waals surface area contributed by atoms with Gasteiger partial charge in [-0.3, -0.25) is 18.7 Å². The second kappa shape index (κ2) is 12.9. The van der Waals surface area contributed by atoms with Gasteiger partial charge < -0.3 is 20.8 Å². The minimum atomic E-state index is -3.79. The average Bonchev–Trinajstić information content (AvgIpc) is 3.41. The Kier molecular flexibility index (Phi) is 8.92. The van der Waals surface area contributed by atoms with Gasteiger partial charge in [0.2, 0.25) is 15.9 Å². The molecule has 236 valence electrons. The molecular weight excluding hydrogens is 611 g/mol. The van der Waals surface area contributed by atoms with Gasteiger partial charge in [-0.1, -0.05) is 42.5 Å². The molecule has 0 saturated carbocycles. The Labute approximate surface area is 265 Å². The minimum Gasteiger partial charge on any atom is -0.455 e. The van der Waals surface area contributed by atoms with E-state index < -0.39 is 39.6 Å². The number of carbonyl (C=O) groups is 3. The summed E-state index contributed by atoms with van der Waals surface area (Å²) in [6, 6.07) is 22.5. The van der Waals surface area contributed by atoms with E-state index in [1.807, 2.05) is 0 Å². The van der Waals surface area contributed by atoms with E-state index >= 15 is 0 Å². The fraction of sp³-hybridized carbons (Fsp3) is 0.147. The summed E-state index contributed by atoms with van der Waals surface area (Å²) >= 11 is 0. The largest absolute Gasteiger partial charge is 0.455 e. The first kappa shape index (κ1) is 31.9. The number of halogens is 1. The zero-order valence-corrected chi connectivity index (χ0v) is 26.0. The van der Waals surface area contributed by atoms with E-state index in [1.54, 1.807) is 67.6 Å². The maximum atomic E-state index is 13.7. The second-order valence-electron chi connectivity index (χ2n) is 10.5. The lowest BCUT2D eigenvalue weighted by atomic mass is 9.97. The summed E-state index contributed by atoms with van der Waals surface area (Å²) in [5, 5.41) is 5.65. The number of nitrogens with one attached hydrogen (secondary N) is 2. The molecule has 4 N–H and O–H groups in total. The lowest BCUT2D eigenvalue weighted by molar-refractivity contribution is -0.120. The molecule has 1 heterocycles. The molecular formula is C34H31FN4O6S. The van der Waals surface area contributed by atoms with Gasteiger partial charge >= 0.3 is 0 Å². The Morgan fingerprint density at radius 3 is 2.22 bits per heavy atom. The van der Waals surface area contributed by atoms with Crippen LogP contribution in [-0.4, -0.2) is 46.0 Å². The highest BCUT2D eigenvalue weighted by molar-refractivity contribution is 7.92. The number of nitrogens with zero attached hydrogens (tertiary/aromatic N) is 1. The highest BCUT2D eigenvalue weighted by Crippen LogP contribution is 2.41. The summed E-state index contributed by atoms with van der Waals surface area (Å²) in [5.74, 6) is -2.09. The number of furan rings is 1. The van der Waals surface area contributed by atoms with E-state index in [4.69, 9.17) is 10.2 Å². The summed E-state index contributed by atoms with van der Waals surface area (Å²) < 4.78 is 46.9. The summed E-state index contributed by atoms with van der Waals surface area (Å²) in [6.45, 7) is 1.75. The highest BCUT2D eigenvalue weighted by atomic mass is 32.2. The molecule has 1 unspecified atom stereocenters. The number of carbonyl (C=O) groups excluding carboxylic acids is 3. The first-order valence-electron chi connectivity index (χ1n) is 14.2. The highest BCUT2D eigenvalue weighted by Gasteiger charge is 2.27. The third kappa shape index (κ3) is 6.33. The van der Waals surface area contributed by atoms with Gasteiger partial charge in [0.15, 0.2) is 0 Å². The molecule has 10 nitrogen and oxygen atoms in total. The summed E-state index contributed by atoms with van der Waals surface area (Å²) in [5.41, 5.74) is 8.21. The quantitative estimate of drug-likeness (QED) is 0.195. The summed E-state index contributed by atoms with van der Waals surface area (Å²) in [6.07, 6.45) is 1.07. The van der Waals surface area contributed by atoms with Gasteiger partial charge in [0, 0.05) is 41.7 Å². The number of nitrogens with two attached hydrogens (primary N) is 1. The molecule has 0 radical (unpaired) electrons. The standard InChI is InChI=1S/C34H31FN4O6S/c1-4-39(46(3,43)44)27-19-28-26(29(34(42)37-2)31(45-28)21-13-15-24(35)16-14-21)18-25(27)22-11-8-12-23(17-22)33(41)38-30(32(36)40)20-9-6-5-7-10-20/h5-19,30H,4H2,1-3H3,(H2,36,40)(H,37,42)(H,38,41). The van der Waals surface area contributed by atoms with Crippen molar-refractivity contribution < 1.29 is 31.6 Å². The predicted molar refractivity (Wildman–Crippen MR) is 174 cm³/mol. The molecule has 0 aliphatic heterocycles. The number of anilines is 1. The minimum absolute atomic E-state index is 0.0721. The summed E-state index contributed by atoms with van der Waals surface area (Å²) in [7, 11) is -2.33. The Bertz CT molecular complexity index is 2060. The van der Waals surface area contributed by atoms with Crippen molar-refractivity contribution in [3.8, 4) is 22.5 Å². The molecule has 46 heavy (non-hydrogen) atoms. The molecule has 0 bridgehead atoms. The van der Waals surface area contributed by atoms with Crippen molar-refractivity contribution >= 4 is 44.4 Å². The van der Waals surface area contributed by atoms with E-state index in [0.29, 0.717) is 27.6 Å². The van der Waals surface area contributed by atoms with Gasteiger partial charge in [-0.05, 0) is 60.5 Å². The van der Waals surface area contributed by atoms with E-state index in [-0.39, 0.29) is 34.7 Å². The topological polar surface area (TPSA) is 152 Å². The fourth-order valence-corrected chi connectivity index (χ4v) is 6.29. The molecule has 3 amide bonds. The number of hydrogen-bond donors (Lipinski definition) is 3. The maximum Gasteiger partial charge on any atom is 0.255 e. The number of hydrogen-bond acceptors (Lipinski definition) is 6. The van der Waals surface area contributed by atoms with Crippen LogP contribution in [-0.2, 0) is 14.8 Å². The van der Waals surface area contributed by atoms with Gasteiger partial charge in [0.1, 0.15) is 23.2 Å². The molecule has 5 rings (SSSR count). The van der Waals surface area contributed by atoms with Crippen LogP contribution in [0.5, 0.6) is 0 Å². The van der Waals surface area contributed by atoms with Crippen molar-refractivity contribution in [1.29, 1.82) is 0 Å². The van der Waals surface area contributed by atoms with E-state index in [2.05, 4.69) is 10.6 Å². The number of primary amides is 1. The zero-order chi connectivity index (χ0) is 33.2. The van der Waals surface area contributed by atoms with Crippen LogP contribution in [0.2, 0.25) is 0 Å². The molecule has 12 heteroatoms. The number of rotatable bonds is 10. The smallest absolute Gasteiger partial charge is 0.255 e. The number of amides is 3. The van der Waals surface area contributed by atoms with Crippen LogP contribution in [0.3, 0.4) is 0 Å². The van der Waals surface area contributed by atoms with Crippen LogP contribution >= 0.6 is 0 Å². The summed E-state index contributed by atoms with van der Waals surface area (Å²) in [4.78, 5) is 38.9. The molecule has 0 spiro atoms. The predicted octanol–water partition coefficient (Wildman–Crippen LogP) is 5.01. The van der Waals surface area contributed by atoms with Crippen molar-refractivity contribution in [1.82, 2.24) is 10.6 Å². The molecule has 5 aromatic rings. The van der Waals surface area contributed by atoms with Crippen LogP contribution in [0, 0.1) is 5.82 Å². The number of fused-ring (bicyclic) bond motifs is 1. The van der Waals surface area contributed by atoms with Gasteiger partial charge in [-0.15, -0.1) is 0 Å². The van der Waals surface area contributed by atoms with Crippen molar-refractivity contribution in [2.75, 3.05) is 24.2 Å². The van der Waals surface area contributed by atoms with Crippen LogP contribution in [0.15, 0.2) is 95.4 Å². The third-order valence-corrected chi connectivity index (χ3v) is 8.71. The van der Waals surface area contributed by atoms with E-state index in [0.717, 1.165) is 6.26 Å². The Hall–Kier alpha value is -5.49. The Balaban J connectivity index is 1.70.